The summed E-state index contributed by atoms with van der Waals surface area (Å²) in [6.45, 7) is 0. The van der Waals surface area contributed by atoms with Gasteiger partial charge in [0.15, 0.2) is 0 Å². The summed E-state index contributed by atoms with van der Waals surface area (Å²) in [7, 11) is 0. The van der Waals surface area contributed by atoms with Crippen LogP contribution in [0.25, 0.3) is 0 Å². The number of hydrogen-bond acceptors (Lipinski definition) is 3. The molecule has 2 unspecified atom stereocenters. The molecule has 1 aromatic carbocycles. The fourth-order valence-electron chi connectivity index (χ4n) is 2.54. The number of anilines is 1. The summed E-state index contributed by atoms with van der Waals surface area (Å²) in [5.74, 6) is 0.0527. The van der Waals surface area contributed by atoms with Gasteiger partial charge in [0.25, 0.3) is 0 Å². The van der Waals surface area contributed by atoms with Crippen molar-refractivity contribution >= 4 is 17.3 Å². The molecule has 0 aliphatic heterocycles. The van der Waals surface area contributed by atoms with Gasteiger partial charge in [-0.05, 0) is 31.0 Å². The monoisotopic (exact) mass is 273 g/mol. The summed E-state index contributed by atoms with van der Waals surface area (Å²) >= 11 is 6.02. The number of nitrogens with zero attached hydrogens (tertiary/aromatic N) is 2. The Hall–Kier alpha value is -1.71. The zero-order valence-electron chi connectivity index (χ0n) is 10.7. The van der Waals surface area contributed by atoms with E-state index in [9.17, 15) is 5.26 Å². The van der Waals surface area contributed by atoms with Crippen molar-refractivity contribution in [3.8, 4) is 12.1 Å². The van der Waals surface area contributed by atoms with Crippen molar-refractivity contribution in [3.05, 3.63) is 28.8 Å². The average molecular weight is 274 g/mol. The molecule has 19 heavy (non-hydrogen) atoms. The highest BCUT2D eigenvalue weighted by Gasteiger charge is 2.23. The fraction of sp³-hybridized carbons (Fsp3) is 0.467. The van der Waals surface area contributed by atoms with Crippen molar-refractivity contribution in [2.24, 2.45) is 5.92 Å². The van der Waals surface area contributed by atoms with E-state index < -0.39 is 0 Å². The van der Waals surface area contributed by atoms with Gasteiger partial charge in [-0.3, -0.25) is 0 Å². The lowest BCUT2D eigenvalue weighted by atomic mass is 9.96. The standard InChI is InChI=1S/C15H16ClN3/c16-14-8-13(7-6-11(14)9-17)19-15-5-3-1-2-4-12(15)10-18/h6-8,12,15,19H,1-5H2. The Morgan fingerprint density at radius 1 is 1.16 bits per heavy atom. The molecule has 1 saturated carbocycles. The van der Waals surface area contributed by atoms with Crippen LogP contribution in [0.4, 0.5) is 5.69 Å². The van der Waals surface area contributed by atoms with E-state index in [1.807, 2.05) is 12.1 Å². The topological polar surface area (TPSA) is 59.6 Å². The summed E-state index contributed by atoms with van der Waals surface area (Å²) in [4.78, 5) is 0. The number of halogens is 1. The van der Waals surface area contributed by atoms with E-state index in [4.69, 9.17) is 16.9 Å². The number of benzene rings is 1. The van der Waals surface area contributed by atoms with E-state index in [0.29, 0.717) is 10.6 Å². The van der Waals surface area contributed by atoms with Crippen LogP contribution in [0.3, 0.4) is 0 Å². The number of nitriles is 2. The molecule has 0 radical (unpaired) electrons. The number of rotatable bonds is 2. The van der Waals surface area contributed by atoms with Gasteiger partial charge in [0.05, 0.1) is 22.6 Å². The molecule has 0 saturated heterocycles. The zero-order chi connectivity index (χ0) is 13.7. The summed E-state index contributed by atoms with van der Waals surface area (Å²) in [6, 6.07) is 9.95. The summed E-state index contributed by atoms with van der Waals surface area (Å²) < 4.78 is 0. The first-order valence-electron chi connectivity index (χ1n) is 6.60. The first-order chi connectivity index (χ1) is 9.24. The molecular weight excluding hydrogens is 258 g/mol. The number of nitrogens with one attached hydrogen (secondary N) is 1. The van der Waals surface area contributed by atoms with E-state index in [1.54, 1.807) is 12.1 Å². The molecule has 1 fully saturated rings. The molecule has 98 valence electrons. The Morgan fingerprint density at radius 3 is 2.63 bits per heavy atom. The van der Waals surface area contributed by atoms with Crippen molar-refractivity contribution in [2.45, 2.75) is 38.1 Å². The van der Waals surface area contributed by atoms with Gasteiger partial charge in [-0.1, -0.05) is 30.9 Å². The van der Waals surface area contributed by atoms with Crippen LogP contribution in [0.5, 0.6) is 0 Å². The minimum atomic E-state index is 0.0527. The van der Waals surface area contributed by atoms with Gasteiger partial charge in [0, 0.05) is 11.7 Å². The first-order valence-corrected chi connectivity index (χ1v) is 6.98. The summed E-state index contributed by atoms with van der Waals surface area (Å²) in [5.41, 5.74) is 1.36. The molecule has 1 aromatic rings. The minimum Gasteiger partial charge on any atom is -0.381 e. The molecule has 0 aromatic heterocycles. The molecule has 1 aliphatic carbocycles. The highest BCUT2D eigenvalue weighted by atomic mass is 35.5. The third kappa shape index (κ3) is 3.40. The molecule has 1 aliphatic rings. The maximum atomic E-state index is 9.24. The predicted octanol–water partition coefficient (Wildman–Crippen LogP) is 4.10. The van der Waals surface area contributed by atoms with Crippen molar-refractivity contribution in [1.82, 2.24) is 0 Å². The van der Waals surface area contributed by atoms with E-state index >= 15 is 0 Å². The van der Waals surface area contributed by atoms with E-state index in [-0.39, 0.29) is 12.0 Å². The van der Waals surface area contributed by atoms with Crippen molar-refractivity contribution in [3.63, 3.8) is 0 Å². The molecule has 3 nitrogen and oxygen atoms in total. The minimum absolute atomic E-state index is 0.0527. The Bertz CT molecular complexity index is 527. The van der Waals surface area contributed by atoms with Crippen LogP contribution in [0, 0.1) is 28.6 Å². The van der Waals surface area contributed by atoms with Crippen molar-refractivity contribution in [1.29, 1.82) is 10.5 Å². The molecule has 2 rings (SSSR count). The molecule has 4 heteroatoms. The maximum absolute atomic E-state index is 9.24. The fourth-order valence-corrected chi connectivity index (χ4v) is 2.77. The van der Waals surface area contributed by atoms with Crippen LogP contribution in [0.2, 0.25) is 5.02 Å². The largest absolute Gasteiger partial charge is 0.381 e. The summed E-state index contributed by atoms with van der Waals surface area (Å²) in [5, 5.41) is 21.9. The smallest absolute Gasteiger partial charge is 0.101 e. The van der Waals surface area contributed by atoms with Gasteiger partial charge >= 0.3 is 0 Å². The summed E-state index contributed by atoms with van der Waals surface area (Å²) in [6.07, 6.45) is 5.45. The van der Waals surface area contributed by atoms with Gasteiger partial charge in [-0.15, -0.1) is 0 Å². The van der Waals surface area contributed by atoms with Crippen LogP contribution in [-0.2, 0) is 0 Å². The third-order valence-electron chi connectivity index (χ3n) is 3.62. The molecule has 0 spiro atoms. The highest BCUT2D eigenvalue weighted by molar-refractivity contribution is 6.32. The third-order valence-corrected chi connectivity index (χ3v) is 3.94. The maximum Gasteiger partial charge on any atom is 0.101 e. The molecule has 1 N–H and O–H groups in total. The predicted molar refractivity (Wildman–Crippen MR) is 75.8 cm³/mol. The second-order valence-electron chi connectivity index (χ2n) is 4.93. The first kappa shape index (κ1) is 13.7. The Labute approximate surface area is 118 Å². The highest BCUT2D eigenvalue weighted by Crippen LogP contribution is 2.27. The Balaban J connectivity index is 2.13. The van der Waals surface area contributed by atoms with Crippen molar-refractivity contribution in [2.75, 3.05) is 5.32 Å². The molecule has 0 amide bonds. The molecule has 0 heterocycles. The van der Waals surface area contributed by atoms with E-state index in [2.05, 4.69) is 11.4 Å². The lowest BCUT2D eigenvalue weighted by Gasteiger charge is -2.22. The molecular formula is C15H16ClN3. The average Bonchev–Trinajstić information content (AvgIpc) is 2.64. The van der Waals surface area contributed by atoms with Gasteiger partial charge < -0.3 is 5.32 Å². The Kier molecular flexibility index (Phi) is 4.66. The van der Waals surface area contributed by atoms with Gasteiger partial charge in [-0.25, -0.2) is 0 Å². The van der Waals surface area contributed by atoms with Crippen LogP contribution >= 0.6 is 11.6 Å². The van der Waals surface area contributed by atoms with Gasteiger partial charge in [0.2, 0.25) is 0 Å². The SMILES string of the molecule is N#Cc1ccc(NC2CCCCCC2C#N)cc1Cl. The lowest BCUT2D eigenvalue weighted by molar-refractivity contribution is 0.514. The second kappa shape index (κ2) is 6.45. The number of hydrogen-bond donors (Lipinski definition) is 1. The normalized spacial score (nSPS) is 22.9. The van der Waals surface area contributed by atoms with Gasteiger partial charge in [0.1, 0.15) is 6.07 Å². The van der Waals surface area contributed by atoms with Crippen molar-refractivity contribution < 1.29 is 0 Å². The van der Waals surface area contributed by atoms with E-state index in [0.717, 1.165) is 31.4 Å². The molecule has 0 bridgehead atoms. The van der Waals surface area contributed by atoms with Crippen LogP contribution < -0.4 is 5.32 Å². The Morgan fingerprint density at radius 2 is 1.95 bits per heavy atom. The van der Waals surface area contributed by atoms with Crippen LogP contribution in [-0.4, -0.2) is 6.04 Å². The van der Waals surface area contributed by atoms with Crippen LogP contribution in [0.15, 0.2) is 18.2 Å². The quantitative estimate of drug-likeness (QED) is 0.826. The molecule has 2 atom stereocenters. The second-order valence-corrected chi connectivity index (χ2v) is 5.34. The zero-order valence-corrected chi connectivity index (χ0v) is 11.5. The van der Waals surface area contributed by atoms with Gasteiger partial charge in [-0.2, -0.15) is 10.5 Å². The van der Waals surface area contributed by atoms with Crippen LogP contribution in [0.1, 0.15) is 37.7 Å². The van der Waals surface area contributed by atoms with E-state index in [1.165, 1.54) is 6.42 Å². The lowest BCUT2D eigenvalue weighted by Crippen LogP contribution is -2.27.